The normalized spacial score (nSPS) is 13.9. The van der Waals surface area contributed by atoms with E-state index in [0.29, 0.717) is 23.3 Å². The van der Waals surface area contributed by atoms with Gasteiger partial charge in [-0.2, -0.15) is 0 Å². The second kappa shape index (κ2) is 21.5. The molecule has 12 rings (SSSR count). The van der Waals surface area contributed by atoms with Crippen LogP contribution in [0.3, 0.4) is 0 Å². The van der Waals surface area contributed by atoms with E-state index in [9.17, 15) is 0 Å². The minimum Gasteiger partial charge on any atom is -0.435 e. The van der Waals surface area contributed by atoms with Crippen molar-refractivity contribution >= 4 is 45.9 Å². The molecule has 1 radical (unpaired) electrons. The first kappa shape index (κ1) is 45.8. The van der Waals surface area contributed by atoms with Crippen molar-refractivity contribution in [1.82, 2.24) is 9.97 Å². The van der Waals surface area contributed by atoms with Gasteiger partial charge in [-0.3, -0.25) is 9.98 Å². The van der Waals surface area contributed by atoms with Crippen LogP contribution in [0.2, 0.25) is 0 Å². The van der Waals surface area contributed by atoms with Gasteiger partial charge in [-0.15, -0.1) is 0 Å². The van der Waals surface area contributed by atoms with Crippen LogP contribution < -0.4 is 9.97 Å². The first-order chi connectivity index (χ1) is 34.7. The van der Waals surface area contributed by atoms with Crippen LogP contribution in [0.4, 0.5) is 11.6 Å². The van der Waals surface area contributed by atoms with E-state index in [4.69, 9.17) is 29.9 Å². The number of hydrogen-bond acceptors (Lipinski definition) is 2. The molecule has 0 saturated heterocycles. The van der Waals surface area contributed by atoms with Gasteiger partial charge < -0.3 is 20.0 Å². The first-order valence-corrected chi connectivity index (χ1v) is 23.3. The van der Waals surface area contributed by atoms with Crippen LogP contribution in [-0.4, -0.2) is 23.1 Å². The van der Waals surface area contributed by atoms with Gasteiger partial charge in [0, 0.05) is 22.3 Å². The summed E-state index contributed by atoms with van der Waals surface area (Å²) in [5.74, 6) is 2.68. The minimum atomic E-state index is 0. The summed E-state index contributed by atoms with van der Waals surface area (Å²) >= 11 is 0. The predicted octanol–water partition coefficient (Wildman–Crippen LogP) is 15.2. The van der Waals surface area contributed by atoms with E-state index in [2.05, 4.69) is 121 Å². The van der Waals surface area contributed by atoms with Crippen molar-refractivity contribution in [3.8, 4) is 44.8 Å². The summed E-state index contributed by atoms with van der Waals surface area (Å²) in [6, 6.07) is 86.3. The molecule has 71 heavy (non-hydrogen) atoms. The molecule has 10 aromatic rings. The Balaban J connectivity index is 0.000000162. The van der Waals surface area contributed by atoms with E-state index in [0.717, 1.165) is 89.6 Å². The van der Waals surface area contributed by atoms with E-state index in [1.165, 1.54) is 0 Å². The van der Waals surface area contributed by atoms with Crippen molar-refractivity contribution in [3.05, 3.63) is 289 Å². The van der Waals surface area contributed by atoms with Crippen molar-refractivity contribution in [2.24, 2.45) is 20.0 Å². The van der Waals surface area contributed by atoms with E-state index < -0.39 is 0 Å². The molecule has 0 atom stereocenters. The number of aromatic nitrogens is 2. The number of nitrogens with zero attached hydrogens (tertiary/aromatic N) is 6. The summed E-state index contributed by atoms with van der Waals surface area (Å²) in [5.41, 5.74) is 16.2. The maximum absolute atomic E-state index is 5.06. The molecule has 0 spiro atoms. The Hall–Kier alpha value is -9.00. The van der Waals surface area contributed by atoms with Crippen LogP contribution >= 0.6 is 0 Å². The molecular formula is C64H44CuN6. The van der Waals surface area contributed by atoms with Gasteiger partial charge >= 0.3 is 17.1 Å². The molecule has 4 heterocycles. The zero-order valence-corrected chi connectivity index (χ0v) is 39.3. The van der Waals surface area contributed by atoms with Crippen LogP contribution in [-0.2, 0) is 17.1 Å². The molecule has 2 aromatic heterocycles. The molecule has 0 unspecified atom stereocenters. The third-order valence-electron chi connectivity index (χ3n) is 12.0. The average molecular weight is 961 g/mol. The molecule has 7 heteroatoms. The number of rotatable bonds is 10. The molecule has 0 saturated carbocycles. The number of aliphatic imine (C=N–C) groups is 4. The summed E-state index contributed by atoms with van der Waals surface area (Å²) in [7, 11) is 0. The quantitative estimate of drug-likeness (QED) is 0.128. The van der Waals surface area contributed by atoms with Crippen LogP contribution in [0.15, 0.2) is 287 Å². The van der Waals surface area contributed by atoms with E-state index in [1.54, 1.807) is 0 Å². The summed E-state index contributed by atoms with van der Waals surface area (Å²) < 4.78 is 0. The molecule has 0 fully saturated rings. The van der Waals surface area contributed by atoms with Crippen molar-refractivity contribution in [3.63, 3.8) is 0 Å². The number of allylic oxidation sites excluding steroid dienone is 2. The maximum atomic E-state index is 5.06. The van der Waals surface area contributed by atoms with Gasteiger partial charge in [0.1, 0.15) is 0 Å². The summed E-state index contributed by atoms with van der Waals surface area (Å²) in [6.45, 7) is 0. The third kappa shape index (κ3) is 10.4. The third-order valence-corrected chi connectivity index (χ3v) is 12.0. The van der Waals surface area contributed by atoms with Crippen LogP contribution in [0.1, 0.15) is 22.3 Å². The van der Waals surface area contributed by atoms with Crippen molar-refractivity contribution in [2.75, 3.05) is 0 Å². The molecule has 2 aliphatic rings. The van der Waals surface area contributed by atoms with Crippen LogP contribution in [0.5, 0.6) is 0 Å². The van der Waals surface area contributed by atoms with Gasteiger partial charge in [-0.05, 0) is 79.7 Å². The molecule has 6 nitrogen and oxygen atoms in total. The van der Waals surface area contributed by atoms with Gasteiger partial charge in [0.15, 0.2) is 0 Å². The number of hydrogen-bond donors (Lipinski definition) is 0. The Bertz CT molecular complexity index is 3340. The Labute approximate surface area is 424 Å². The molecule has 341 valence electrons. The maximum Gasteiger partial charge on any atom is 2.00 e. The summed E-state index contributed by atoms with van der Waals surface area (Å²) in [6.07, 6.45) is 4.24. The van der Waals surface area contributed by atoms with Gasteiger partial charge in [0.25, 0.3) is 0 Å². The standard InChI is InChI=1S/2C32H22N3.Cu/c2*1-5-13-23(14-6-1)27-21-29(25-17-9-3-10-18-25)33-31(27)35-32-28(24-15-7-2-8-16-24)22-30(34-32)26-19-11-4-12-20-26;/h2*1-22H;/q2*-1;+2/b2*35-31-;. The Morgan fingerprint density at radius 3 is 0.831 bits per heavy atom. The molecule has 0 bridgehead atoms. The summed E-state index contributed by atoms with van der Waals surface area (Å²) in [5, 5.41) is 0. The second-order valence-corrected chi connectivity index (χ2v) is 16.7. The molecule has 8 aromatic carbocycles. The molecule has 2 aliphatic heterocycles. The molecular weight excluding hydrogens is 916 g/mol. The van der Waals surface area contributed by atoms with Crippen LogP contribution in [0, 0.1) is 0 Å². The fourth-order valence-electron chi connectivity index (χ4n) is 8.52. The fourth-order valence-corrected chi connectivity index (χ4v) is 8.52. The summed E-state index contributed by atoms with van der Waals surface area (Å²) in [4.78, 5) is 30.0. The smallest absolute Gasteiger partial charge is 0.435 e. The Morgan fingerprint density at radius 1 is 0.282 bits per heavy atom. The average Bonchev–Trinajstić information content (AvgIpc) is 4.27. The van der Waals surface area contributed by atoms with Crippen molar-refractivity contribution < 1.29 is 17.1 Å². The fraction of sp³-hybridized carbons (Fsp3) is 0. The van der Waals surface area contributed by atoms with Gasteiger partial charge in [-0.1, -0.05) is 255 Å². The molecule has 0 aliphatic carbocycles. The number of amidine groups is 2. The monoisotopic (exact) mass is 959 g/mol. The van der Waals surface area contributed by atoms with Gasteiger partial charge in [0.05, 0.1) is 23.1 Å². The largest absolute Gasteiger partial charge is 2.00 e. The first-order valence-electron chi connectivity index (χ1n) is 23.3. The molecule has 0 amide bonds. The Kier molecular flexibility index (Phi) is 13.9. The van der Waals surface area contributed by atoms with E-state index in [1.807, 2.05) is 146 Å². The van der Waals surface area contributed by atoms with E-state index in [-0.39, 0.29) is 17.1 Å². The van der Waals surface area contributed by atoms with E-state index >= 15 is 0 Å². The number of benzene rings is 8. The zero-order chi connectivity index (χ0) is 46.9. The topological polar surface area (TPSA) is 77.6 Å². The zero-order valence-electron chi connectivity index (χ0n) is 38.4. The SMILES string of the molecule is C1=C(c2ccccc2)/C(=N/c2[n-]c(-c3ccccc3)cc2-c2ccccc2)N=C1c1ccccc1.C1=C(c2ccccc2)/C(=N/c2[n-]c(-c3ccccc3)cc2-c2ccccc2)N=C1c1ccccc1.[Cu+2]. The second-order valence-electron chi connectivity index (χ2n) is 16.7. The van der Waals surface area contributed by atoms with Crippen molar-refractivity contribution in [1.29, 1.82) is 0 Å². The predicted molar refractivity (Wildman–Crippen MR) is 290 cm³/mol. The minimum absolute atomic E-state index is 0. The van der Waals surface area contributed by atoms with Gasteiger partial charge in [-0.25, -0.2) is 0 Å². The van der Waals surface area contributed by atoms with Gasteiger partial charge in [0.2, 0.25) is 0 Å². The molecule has 0 N–H and O–H groups in total. The van der Waals surface area contributed by atoms with Crippen molar-refractivity contribution in [2.45, 2.75) is 0 Å². The van der Waals surface area contributed by atoms with Crippen LogP contribution in [0.25, 0.3) is 55.9 Å². The Morgan fingerprint density at radius 2 is 0.535 bits per heavy atom.